The van der Waals surface area contributed by atoms with Gasteiger partial charge >= 0.3 is 39.5 Å². The number of aliphatic hydroxyl groups excluding tert-OH is 1. The van der Waals surface area contributed by atoms with Crippen LogP contribution in [0.15, 0.2) is 0 Å². The van der Waals surface area contributed by atoms with Crippen molar-refractivity contribution in [3.8, 4) is 0 Å². The molecule has 0 radical (unpaired) electrons. The van der Waals surface area contributed by atoms with Crippen LogP contribution in [0.25, 0.3) is 0 Å². The second kappa shape index (κ2) is 77.4. The normalized spacial score (nSPS) is 13.8. The number of unbranched alkanes of at least 4 members (excludes halogenated alkanes) is 55. The van der Waals surface area contributed by atoms with E-state index in [9.17, 15) is 43.2 Å². The molecule has 0 saturated carbocycles. The molecule has 0 fully saturated rings. The monoisotopic (exact) mass is 1540 g/mol. The zero-order valence-corrected chi connectivity index (χ0v) is 70.8. The van der Waals surface area contributed by atoms with Gasteiger partial charge in [-0.25, -0.2) is 9.13 Å². The van der Waals surface area contributed by atoms with E-state index in [0.717, 1.165) is 102 Å². The van der Waals surface area contributed by atoms with Crippen LogP contribution >= 0.6 is 15.6 Å². The number of hydrogen-bond acceptors (Lipinski definition) is 15. The summed E-state index contributed by atoms with van der Waals surface area (Å²) in [5.41, 5.74) is 0. The molecular formula is C86H168O17P2. The topological polar surface area (TPSA) is 237 Å². The summed E-state index contributed by atoms with van der Waals surface area (Å²) < 4.78 is 68.9. The van der Waals surface area contributed by atoms with E-state index in [1.165, 1.54) is 276 Å². The number of phosphoric ester groups is 2. The summed E-state index contributed by atoms with van der Waals surface area (Å²) in [6.45, 7) is 9.72. The second-order valence-electron chi connectivity index (χ2n) is 31.9. The van der Waals surface area contributed by atoms with Crippen LogP contribution in [0.1, 0.15) is 459 Å². The molecule has 0 heterocycles. The van der Waals surface area contributed by atoms with Crippen LogP contribution in [0.3, 0.4) is 0 Å². The fourth-order valence-corrected chi connectivity index (χ4v) is 15.0. The van der Waals surface area contributed by atoms with Crippen molar-refractivity contribution in [1.29, 1.82) is 0 Å². The molecule has 624 valence electrons. The first-order valence-electron chi connectivity index (χ1n) is 44.5. The number of carbonyl (C=O) groups excluding carboxylic acids is 4. The van der Waals surface area contributed by atoms with E-state index < -0.39 is 97.5 Å². The molecule has 19 heteroatoms. The Balaban J connectivity index is 5.26. The average Bonchev–Trinajstić information content (AvgIpc) is 0.904. The fraction of sp³-hybridized carbons (Fsp3) is 0.953. The molecule has 0 bridgehead atoms. The predicted octanol–water partition coefficient (Wildman–Crippen LogP) is 26.2. The third-order valence-corrected chi connectivity index (χ3v) is 22.1. The molecule has 105 heavy (non-hydrogen) atoms. The van der Waals surface area contributed by atoms with E-state index in [-0.39, 0.29) is 25.7 Å². The van der Waals surface area contributed by atoms with Crippen LogP contribution in [0.2, 0.25) is 0 Å². The maximum absolute atomic E-state index is 13.1. The summed E-state index contributed by atoms with van der Waals surface area (Å²) in [6, 6.07) is 0. The Hall–Kier alpha value is -1.94. The molecule has 0 spiro atoms. The molecule has 0 aliphatic rings. The molecule has 3 N–H and O–H groups in total. The molecule has 0 aromatic rings. The van der Waals surface area contributed by atoms with E-state index in [1.54, 1.807) is 0 Å². The van der Waals surface area contributed by atoms with Gasteiger partial charge in [0.1, 0.15) is 19.3 Å². The zero-order chi connectivity index (χ0) is 77.1. The van der Waals surface area contributed by atoms with Gasteiger partial charge in [-0.3, -0.25) is 37.3 Å². The smallest absolute Gasteiger partial charge is 0.462 e. The van der Waals surface area contributed by atoms with Crippen molar-refractivity contribution in [2.24, 2.45) is 11.8 Å². The Bertz CT molecular complexity index is 2010. The molecule has 0 aliphatic carbocycles. The third-order valence-electron chi connectivity index (χ3n) is 20.2. The minimum absolute atomic E-state index is 0.108. The molecular weight excluding hydrogens is 1370 g/mol. The number of rotatable bonds is 85. The predicted molar refractivity (Wildman–Crippen MR) is 432 cm³/mol. The first kappa shape index (κ1) is 103. The summed E-state index contributed by atoms with van der Waals surface area (Å²) in [5.74, 6) is -0.505. The molecule has 0 aromatic carbocycles. The summed E-state index contributed by atoms with van der Waals surface area (Å²) in [5, 5.41) is 10.7. The van der Waals surface area contributed by atoms with Crippen molar-refractivity contribution in [2.45, 2.75) is 477 Å². The Morgan fingerprint density at radius 1 is 0.257 bits per heavy atom. The number of hydrogen-bond donors (Lipinski definition) is 3. The van der Waals surface area contributed by atoms with Crippen molar-refractivity contribution in [2.75, 3.05) is 39.6 Å². The average molecular weight is 1540 g/mol. The van der Waals surface area contributed by atoms with Crippen LogP contribution < -0.4 is 0 Å². The van der Waals surface area contributed by atoms with Gasteiger partial charge < -0.3 is 33.8 Å². The third kappa shape index (κ3) is 79.9. The van der Waals surface area contributed by atoms with Crippen molar-refractivity contribution in [3.05, 3.63) is 0 Å². The highest BCUT2D eigenvalue weighted by molar-refractivity contribution is 7.47. The quantitative estimate of drug-likeness (QED) is 0.0222. The van der Waals surface area contributed by atoms with Crippen LogP contribution in [-0.4, -0.2) is 96.7 Å². The van der Waals surface area contributed by atoms with E-state index >= 15 is 0 Å². The van der Waals surface area contributed by atoms with Crippen molar-refractivity contribution >= 4 is 39.5 Å². The SMILES string of the molecule is CCCCCCCCCCCCCCCCCCCCCC(=O)O[C@H](COC(=O)CCCCCCCCCCCCCCCCC(C)C)COP(=O)(O)OC[C@@H](O)COP(=O)(O)OC[C@@H](COC(=O)CCCCCCCCCCCCCC)OC(=O)CCCCCCCCCCCCCCCCC(C)C. The van der Waals surface area contributed by atoms with Crippen molar-refractivity contribution < 1.29 is 80.2 Å². The maximum Gasteiger partial charge on any atom is 0.472 e. The lowest BCUT2D eigenvalue weighted by Gasteiger charge is -2.21. The van der Waals surface area contributed by atoms with E-state index in [1.807, 2.05) is 0 Å². The summed E-state index contributed by atoms with van der Waals surface area (Å²) in [4.78, 5) is 73.3. The highest BCUT2D eigenvalue weighted by atomic mass is 31.2. The van der Waals surface area contributed by atoms with Crippen LogP contribution in [0.5, 0.6) is 0 Å². The molecule has 0 amide bonds. The van der Waals surface area contributed by atoms with Crippen LogP contribution in [0.4, 0.5) is 0 Å². The van der Waals surface area contributed by atoms with E-state index in [0.29, 0.717) is 25.7 Å². The van der Waals surface area contributed by atoms with Gasteiger partial charge in [-0.1, -0.05) is 408 Å². The van der Waals surface area contributed by atoms with Gasteiger partial charge in [-0.05, 0) is 37.5 Å². The van der Waals surface area contributed by atoms with Gasteiger partial charge in [-0.2, -0.15) is 0 Å². The van der Waals surface area contributed by atoms with Gasteiger partial charge in [0.2, 0.25) is 0 Å². The van der Waals surface area contributed by atoms with E-state index in [2.05, 4.69) is 41.5 Å². The van der Waals surface area contributed by atoms with Crippen molar-refractivity contribution in [3.63, 3.8) is 0 Å². The first-order valence-corrected chi connectivity index (χ1v) is 47.5. The summed E-state index contributed by atoms with van der Waals surface area (Å²) in [7, 11) is -9.93. The molecule has 0 aromatic heterocycles. The van der Waals surface area contributed by atoms with Crippen molar-refractivity contribution in [1.82, 2.24) is 0 Å². The Kier molecular flexibility index (Phi) is 76.0. The maximum atomic E-state index is 13.1. The van der Waals surface area contributed by atoms with Gasteiger partial charge in [0, 0.05) is 25.7 Å². The van der Waals surface area contributed by atoms with Gasteiger partial charge in [-0.15, -0.1) is 0 Å². The zero-order valence-electron chi connectivity index (χ0n) is 69.0. The minimum Gasteiger partial charge on any atom is -0.462 e. The number of esters is 4. The van der Waals surface area contributed by atoms with Gasteiger partial charge in [0.25, 0.3) is 0 Å². The summed E-state index contributed by atoms with van der Waals surface area (Å²) in [6.07, 6.45) is 69.3. The summed E-state index contributed by atoms with van der Waals surface area (Å²) >= 11 is 0. The molecule has 5 atom stereocenters. The van der Waals surface area contributed by atoms with Gasteiger partial charge in [0.05, 0.1) is 26.4 Å². The number of phosphoric acid groups is 2. The molecule has 2 unspecified atom stereocenters. The Morgan fingerprint density at radius 3 is 0.648 bits per heavy atom. The molecule has 0 aliphatic heterocycles. The van der Waals surface area contributed by atoms with Gasteiger partial charge in [0.15, 0.2) is 12.2 Å². The lowest BCUT2D eigenvalue weighted by molar-refractivity contribution is -0.161. The molecule has 17 nitrogen and oxygen atoms in total. The van der Waals surface area contributed by atoms with Crippen LogP contribution in [-0.2, 0) is 65.4 Å². The Morgan fingerprint density at radius 2 is 0.438 bits per heavy atom. The highest BCUT2D eigenvalue weighted by Crippen LogP contribution is 2.45. The fourth-order valence-electron chi connectivity index (χ4n) is 13.4. The largest absolute Gasteiger partial charge is 0.472 e. The molecule has 0 saturated heterocycles. The Labute approximate surface area is 645 Å². The highest BCUT2D eigenvalue weighted by Gasteiger charge is 2.30. The first-order chi connectivity index (χ1) is 50.9. The number of ether oxygens (including phenoxy) is 4. The lowest BCUT2D eigenvalue weighted by atomic mass is 10.0. The second-order valence-corrected chi connectivity index (χ2v) is 34.8. The lowest BCUT2D eigenvalue weighted by Crippen LogP contribution is -2.30. The molecule has 0 rings (SSSR count). The van der Waals surface area contributed by atoms with E-state index in [4.69, 9.17) is 37.0 Å². The number of carbonyl (C=O) groups is 4. The minimum atomic E-state index is -4.97. The standard InChI is InChI=1S/C86H168O17P2/c1-7-9-11-13-15-17-19-21-22-23-24-25-26-34-40-46-52-58-64-70-85(90)103-82(75-97-84(89)69-63-57-51-45-39-33-29-27-31-36-42-48-54-60-66-78(3)4)77-101-105(94,95)99-73-80(87)72-98-104(92,93)100-76-81(74-96-83(88)68-62-56-50-44-38-20-18-16-14-12-10-8-2)102-86(91)71-65-59-53-47-41-35-30-28-32-37-43-49-55-61-67-79(5)6/h78-82,87H,7-77H2,1-6H3,(H,92,93)(H,94,95)/t80-,81+,82+/m0/s1. The van der Waals surface area contributed by atoms with Crippen LogP contribution in [0, 0.1) is 11.8 Å². The number of aliphatic hydroxyl groups is 1.